The Labute approximate surface area is 233 Å². The summed E-state index contributed by atoms with van der Waals surface area (Å²) < 4.78 is 93.1. The van der Waals surface area contributed by atoms with E-state index in [1.807, 2.05) is 0 Å². The Hall–Kier alpha value is 1.92. The van der Waals surface area contributed by atoms with Crippen LogP contribution in [0.4, 0.5) is 0 Å². The van der Waals surface area contributed by atoms with E-state index in [9.17, 15) is 27.4 Å². The summed E-state index contributed by atoms with van der Waals surface area (Å²) in [6.45, 7) is 0. The molecule has 0 aromatic carbocycles. The Bertz CT molecular complexity index is 824. The van der Waals surface area contributed by atoms with Crippen LogP contribution in [0.5, 0.6) is 0 Å². The Balaban J connectivity index is 0.0000130. The van der Waals surface area contributed by atoms with Crippen molar-refractivity contribution in [3.05, 3.63) is 0 Å². The van der Waals surface area contributed by atoms with E-state index >= 15 is 0 Å². The van der Waals surface area contributed by atoms with Crippen LogP contribution in [0.2, 0.25) is 0 Å². The molecule has 24 nitrogen and oxygen atoms in total. The molecule has 0 bridgehead atoms. The molecule has 218 valence electrons. The third-order valence-corrected chi connectivity index (χ3v) is 6.61. The van der Waals surface area contributed by atoms with Gasteiger partial charge in [0.1, 0.15) is 36.6 Å². The number of rotatable bonds is 12. The minimum absolute atomic E-state index is 0. The fourth-order valence-corrected chi connectivity index (χ4v) is 6.14. The van der Waals surface area contributed by atoms with Gasteiger partial charge in [-0.2, -0.15) is 0 Å². The average Bonchev–Trinajstić information content (AvgIpc) is 2.51. The Morgan fingerprint density at radius 3 is 0.432 bits per heavy atom. The van der Waals surface area contributed by atoms with Gasteiger partial charge >= 0.3 is 46.9 Å². The van der Waals surface area contributed by atoms with Crippen LogP contribution >= 0.6 is 46.9 Å². The van der Waals surface area contributed by atoms with Gasteiger partial charge in [0.05, 0.1) is 0 Å². The molecule has 31 heteroatoms. The molecule has 2 radical (unpaired) electrons. The summed E-state index contributed by atoms with van der Waals surface area (Å²) in [6, 6.07) is 0. The first-order valence-electron chi connectivity index (χ1n) is 8.01. The van der Waals surface area contributed by atoms with Crippen LogP contribution in [0.15, 0.2) is 0 Å². The van der Waals surface area contributed by atoms with Gasteiger partial charge in [0.25, 0.3) is 0 Å². The Kier molecular flexibility index (Phi) is 14.2. The molecule has 0 saturated heterocycles. The van der Waals surface area contributed by atoms with Gasteiger partial charge < -0.3 is 58.7 Å². The maximum atomic E-state index is 11.4. The first-order chi connectivity index (χ1) is 15.6. The maximum Gasteiger partial charge on any atom is 0.470 e. The molecule has 0 amide bonds. The van der Waals surface area contributed by atoms with Crippen molar-refractivity contribution in [1.29, 1.82) is 0 Å². The number of phosphoric ester groups is 6. The minimum Gasteiger partial charge on any atom is -0.303 e. The van der Waals surface area contributed by atoms with E-state index in [1.165, 1.54) is 0 Å². The van der Waals surface area contributed by atoms with E-state index in [4.69, 9.17) is 58.7 Å². The topological polar surface area (TPSA) is 401 Å². The predicted molar refractivity (Wildman–Crippen MR) is 107 cm³/mol. The van der Waals surface area contributed by atoms with E-state index in [-0.39, 0.29) is 37.7 Å². The zero-order valence-corrected chi connectivity index (χ0v) is 24.7. The molecule has 1 aliphatic carbocycles. The van der Waals surface area contributed by atoms with Crippen LogP contribution in [-0.2, 0) is 54.5 Å². The third kappa shape index (κ3) is 15.6. The summed E-state index contributed by atoms with van der Waals surface area (Å²) in [5.74, 6) is 0. The van der Waals surface area contributed by atoms with Crippen LogP contribution < -0.4 is 0 Å². The van der Waals surface area contributed by atoms with E-state index in [0.29, 0.717) is 0 Å². The summed E-state index contributed by atoms with van der Waals surface area (Å²) in [4.78, 5) is 110. The Morgan fingerprint density at radius 2 is 0.378 bits per heavy atom. The van der Waals surface area contributed by atoms with Crippen LogP contribution in [0.1, 0.15) is 0 Å². The van der Waals surface area contributed by atoms with Crippen molar-refractivity contribution in [3.8, 4) is 0 Å². The summed E-state index contributed by atoms with van der Waals surface area (Å²) in [6.07, 6.45) is -18.9. The molecule has 0 heterocycles. The van der Waals surface area contributed by atoms with Gasteiger partial charge in [0.2, 0.25) is 0 Å². The van der Waals surface area contributed by atoms with Gasteiger partial charge in [-0.3, -0.25) is 27.1 Å². The molecule has 1 fully saturated rings. The maximum absolute atomic E-state index is 11.4. The van der Waals surface area contributed by atoms with E-state index < -0.39 is 83.6 Å². The molecule has 1 saturated carbocycles. The normalized spacial score (nSPS) is 28.5. The molecule has 0 aromatic heterocycles. The third-order valence-electron chi connectivity index (χ3n) is 3.50. The minimum atomic E-state index is -6.02. The van der Waals surface area contributed by atoms with Crippen LogP contribution in [-0.4, -0.2) is 133 Å². The van der Waals surface area contributed by atoms with Crippen molar-refractivity contribution in [2.75, 3.05) is 0 Å². The van der Waals surface area contributed by atoms with Gasteiger partial charge in [-0.25, -0.2) is 27.4 Å². The first-order valence-corrected chi connectivity index (χ1v) is 17.2. The van der Waals surface area contributed by atoms with Gasteiger partial charge in [-0.15, -0.1) is 0 Å². The van der Waals surface area contributed by atoms with Gasteiger partial charge in [0, 0.05) is 37.7 Å². The molecule has 12 N–H and O–H groups in total. The van der Waals surface area contributed by atoms with Crippen molar-refractivity contribution in [1.82, 2.24) is 0 Å². The fraction of sp³-hybridized carbons (Fsp3) is 1.00. The average molecular weight is 700 g/mol. The van der Waals surface area contributed by atoms with Gasteiger partial charge in [0.15, 0.2) is 0 Å². The second-order valence-electron chi connectivity index (χ2n) is 6.36. The predicted octanol–water partition coefficient (Wildman–Crippen LogP) is -3.51. The largest absolute Gasteiger partial charge is 0.470 e. The fourth-order valence-electron chi connectivity index (χ4n) is 2.79. The van der Waals surface area contributed by atoms with Crippen molar-refractivity contribution < 1.29 is 113 Å². The molecular formula is C6H18CaO24P6. The zero-order valence-electron chi connectivity index (χ0n) is 17.1. The summed E-state index contributed by atoms with van der Waals surface area (Å²) in [5, 5.41) is 0. The quantitative estimate of drug-likeness (QED) is 0.0693. The van der Waals surface area contributed by atoms with Crippen molar-refractivity contribution in [2.45, 2.75) is 36.6 Å². The molecule has 0 aliphatic heterocycles. The van der Waals surface area contributed by atoms with Crippen molar-refractivity contribution >= 4 is 84.7 Å². The SMILES string of the molecule is O=P(O)(O)OC1C(OP(=O)(O)O)C(OP(=O)(O)O)C(OP(=O)(O)O)C(OP(=O)(O)O)C1OP(=O)(O)O.[Ca]. The first kappa shape index (κ1) is 38.9. The van der Waals surface area contributed by atoms with E-state index in [2.05, 4.69) is 27.1 Å². The zero-order chi connectivity index (χ0) is 28.7. The molecule has 0 aromatic rings. The monoisotopic (exact) mass is 700 g/mol. The molecule has 0 atom stereocenters. The van der Waals surface area contributed by atoms with Crippen LogP contribution in [0.3, 0.4) is 0 Å². The van der Waals surface area contributed by atoms with Gasteiger partial charge in [-0.1, -0.05) is 0 Å². The van der Waals surface area contributed by atoms with Crippen LogP contribution in [0.25, 0.3) is 0 Å². The Morgan fingerprint density at radius 1 is 0.297 bits per heavy atom. The number of hydrogen-bond acceptors (Lipinski definition) is 12. The molecule has 0 unspecified atom stereocenters. The molecule has 1 rings (SSSR count). The second kappa shape index (κ2) is 13.5. The van der Waals surface area contributed by atoms with E-state index in [0.717, 1.165) is 0 Å². The van der Waals surface area contributed by atoms with Crippen molar-refractivity contribution in [3.63, 3.8) is 0 Å². The molecule has 0 spiro atoms. The number of phosphoric acid groups is 6. The molecule has 1 aliphatic rings. The van der Waals surface area contributed by atoms with Crippen molar-refractivity contribution in [2.24, 2.45) is 0 Å². The van der Waals surface area contributed by atoms with Gasteiger partial charge in [-0.05, 0) is 0 Å². The summed E-state index contributed by atoms with van der Waals surface area (Å²) >= 11 is 0. The second-order valence-corrected chi connectivity index (χ2v) is 13.5. The standard InChI is InChI=1S/C6H18O24P6.Ca/c7-31(8,9)25-1-2(26-32(10,11)12)4(28-34(16,17)18)6(30-36(22,23)24)5(29-35(19,20)21)3(1)27-33(13,14)15;/h1-6H,(H2,7,8,9)(H2,10,11,12)(H2,13,14,15)(H2,16,17,18)(H2,19,20,21)(H2,22,23,24);. The molecule has 37 heavy (non-hydrogen) atoms. The summed E-state index contributed by atoms with van der Waals surface area (Å²) in [7, 11) is -36.1. The van der Waals surface area contributed by atoms with Crippen LogP contribution in [0, 0.1) is 0 Å². The summed E-state index contributed by atoms with van der Waals surface area (Å²) in [5.41, 5.74) is 0. The van der Waals surface area contributed by atoms with E-state index in [1.54, 1.807) is 0 Å². The number of hydrogen-bond donors (Lipinski definition) is 12. The molecular weight excluding hydrogens is 682 g/mol. The smallest absolute Gasteiger partial charge is 0.303 e.